The Balaban J connectivity index is 1.84. The van der Waals surface area contributed by atoms with E-state index in [1.807, 2.05) is 25.7 Å². The first-order chi connectivity index (χ1) is 12.3. The quantitative estimate of drug-likeness (QED) is 0.793. The molecule has 1 aromatic carbocycles. The normalized spacial score (nSPS) is 20.0. The second-order valence-electron chi connectivity index (χ2n) is 8.43. The molecular formula is C21H32N2O3. The van der Waals surface area contributed by atoms with Crippen LogP contribution in [0.25, 0.3) is 0 Å². The zero-order valence-corrected chi connectivity index (χ0v) is 16.8. The number of ether oxygens (including phenoxy) is 2. The van der Waals surface area contributed by atoms with Crippen molar-refractivity contribution in [2.24, 2.45) is 0 Å². The summed E-state index contributed by atoms with van der Waals surface area (Å²) in [5, 5.41) is 0. The molecule has 2 aliphatic heterocycles. The molecule has 26 heavy (non-hydrogen) atoms. The van der Waals surface area contributed by atoms with E-state index in [1.165, 1.54) is 16.8 Å². The summed E-state index contributed by atoms with van der Waals surface area (Å²) < 4.78 is 11.5. The summed E-state index contributed by atoms with van der Waals surface area (Å²) >= 11 is 0. The molecule has 0 bridgehead atoms. The third-order valence-corrected chi connectivity index (χ3v) is 5.00. The van der Waals surface area contributed by atoms with Crippen molar-refractivity contribution < 1.29 is 14.3 Å². The van der Waals surface area contributed by atoms with Crippen LogP contribution in [0, 0.1) is 0 Å². The maximum atomic E-state index is 12.5. The highest BCUT2D eigenvalue weighted by Crippen LogP contribution is 2.38. The van der Waals surface area contributed by atoms with Gasteiger partial charge in [-0.3, -0.25) is 0 Å². The molecule has 0 spiro atoms. The fourth-order valence-corrected chi connectivity index (χ4v) is 3.82. The molecule has 5 nitrogen and oxygen atoms in total. The van der Waals surface area contributed by atoms with Crippen LogP contribution < -0.4 is 9.64 Å². The Hall–Kier alpha value is -1.91. The van der Waals surface area contributed by atoms with E-state index in [0.29, 0.717) is 13.1 Å². The van der Waals surface area contributed by atoms with Gasteiger partial charge in [0, 0.05) is 19.6 Å². The van der Waals surface area contributed by atoms with E-state index in [4.69, 9.17) is 9.47 Å². The van der Waals surface area contributed by atoms with Gasteiger partial charge in [-0.2, -0.15) is 0 Å². The number of nitrogens with zero attached hydrogens (tertiary/aromatic N) is 2. The van der Waals surface area contributed by atoms with Crippen LogP contribution in [-0.4, -0.2) is 49.4 Å². The van der Waals surface area contributed by atoms with Gasteiger partial charge in [-0.1, -0.05) is 13.8 Å². The Bertz CT molecular complexity index is 666. The van der Waals surface area contributed by atoms with E-state index in [-0.39, 0.29) is 12.0 Å². The van der Waals surface area contributed by atoms with Crippen molar-refractivity contribution in [3.8, 4) is 5.75 Å². The molecule has 0 radical (unpaired) electrons. The maximum Gasteiger partial charge on any atom is 0.410 e. The molecule has 0 saturated carbocycles. The minimum atomic E-state index is -0.465. The summed E-state index contributed by atoms with van der Waals surface area (Å²) in [6.45, 7) is 14.2. The number of hydrogen-bond donors (Lipinski definition) is 0. The summed E-state index contributed by atoms with van der Waals surface area (Å²) in [6, 6.07) is 4.49. The first-order valence-electron chi connectivity index (χ1n) is 9.81. The predicted molar refractivity (Wildman–Crippen MR) is 104 cm³/mol. The second kappa shape index (κ2) is 7.37. The molecule has 2 aliphatic rings. The van der Waals surface area contributed by atoms with Crippen LogP contribution in [-0.2, 0) is 11.2 Å². The molecule has 0 N–H and O–H groups in total. The van der Waals surface area contributed by atoms with Crippen LogP contribution in [0.2, 0.25) is 0 Å². The van der Waals surface area contributed by atoms with Crippen LogP contribution in [0.3, 0.4) is 0 Å². The van der Waals surface area contributed by atoms with Gasteiger partial charge in [-0.15, -0.1) is 0 Å². The molecule has 1 amide bonds. The largest absolute Gasteiger partial charge is 0.490 e. The maximum absolute atomic E-state index is 12.5. The summed E-state index contributed by atoms with van der Waals surface area (Å²) in [7, 11) is 0. The molecule has 1 unspecified atom stereocenters. The number of carbonyl (C=O) groups is 1. The monoisotopic (exact) mass is 360 g/mol. The summed E-state index contributed by atoms with van der Waals surface area (Å²) in [5.41, 5.74) is 3.36. The van der Waals surface area contributed by atoms with E-state index in [1.54, 1.807) is 0 Å². The lowest BCUT2D eigenvalue weighted by molar-refractivity contribution is 0.0248. The van der Waals surface area contributed by atoms with Crippen molar-refractivity contribution in [2.45, 2.75) is 59.0 Å². The lowest BCUT2D eigenvalue weighted by Crippen LogP contribution is -2.38. The Labute approximate surface area is 157 Å². The molecule has 144 valence electrons. The minimum absolute atomic E-state index is 0.217. The Morgan fingerprint density at radius 2 is 2.08 bits per heavy atom. The standard InChI is InChI=1S/C21H32N2O3/c1-6-8-22-10-11-25-19-12-16-7-9-23(20(24)26-21(3,4)5)14-15(2)17(16)13-18(19)22/h12-13,15H,6-11,14H2,1-5H3. The van der Waals surface area contributed by atoms with Gasteiger partial charge < -0.3 is 19.3 Å². The van der Waals surface area contributed by atoms with Crippen molar-refractivity contribution in [2.75, 3.05) is 37.7 Å². The highest BCUT2D eigenvalue weighted by atomic mass is 16.6. The molecule has 0 fully saturated rings. The lowest BCUT2D eigenvalue weighted by atomic mass is 9.93. The number of benzene rings is 1. The number of fused-ring (bicyclic) bond motifs is 2. The lowest BCUT2D eigenvalue weighted by Gasteiger charge is -2.32. The average Bonchev–Trinajstić information content (AvgIpc) is 2.71. The predicted octanol–water partition coefficient (Wildman–Crippen LogP) is 4.19. The average molecular weight is 360 g/mol. The SMILES string of the molecule is CCCN1CCOc2cc3c(cc21)C(C)CN(C(=O)OC(C)(C)C)CC3. The number of hydrogen-bond acceptors (Lipinski definition) is 4. The van der Waals surface area contributed by atoms with Gasteiger partial charge in [-0.05, 0) is 62.8 Å². The molecular weight excluding hydrogens is 328 g/mol. The fourth-order valence-electron chi connectivity index (χ4n) is 3.82. The first-order valence-corrected chi connectivity index (χ1v) is 9.81. The molecule has 1 atom stereocenters. The zero-order valence-electron chi connectivity index (χ0n) is 16.8. The highest BCUT2D eigenvalue weighted by molar-refractivity contribution is 5.69. The van der Waals surface area contributed by atoms with Gasteiger partial charge in [-0.25, -0.2) is 4.79 Å². The van der Waals surface area contributed by atoms with Crippen LogP contribution in [0.1, 0.15) is 58.1 Å². The number of amides is 1. The van der Waals surface area contributed by atoms with E-state index >= 15 is 0 Å². The number of rotatable bonds is 2. The molecule has 2 heterocycles. The van der Waals surface area contributed by atoms with Crippen LogP contribution in [0.4, 0.5) is 10.5 Å². The van der Waals surface area contributed by atoms with Gasteiger partial charge >= 0.3 is 6.09 Å². The van der Waals surface area contributed by atoms with Crippen LogP contribution in [0.15, 0.2) is 12.1 Å². The minimum Gasteiger partial charge on any atom is -0.490 e. The highest BCUT2D eigenvalue weighted by Gasteiger charge is 2.29. The van der Waals surface area contributed by atoms with E-state index in [0.717, 1.165) is 38.3 Å². The number of carbonyl (C=O) groups excluding carboxylic acids is 1. The molecule has 0 saturated heterocycles. The molecule has 5 heteroatoms. The molecule has 3 rings (SSSR count). The summed E-state index contributed by atoms with van der Waals surface area (Å²) in [6.07, 6.45) is 1.74. The Morgan fingerprint density at radius 1 is 1.31 bits per heavy atom. The smallest absolute Gasteiger partial charge is 0.410 e. The zero-order chi connectivity index (χ0) is 18.9. The van der Waals surface area contributed by atoms with Gasteiger partial charge in [0.15, 0.2) is 0 Å². The Kier molecular flexibility index (Phi) is 5.35. The Morgan fingerprint density at radius 3 is 2.77 bits per heavy atom. The molecule has 1 aromatic rings. The summed E-state index contributed by atoms with van der Waals surface area (Å²) in [4.78, 5) is 16.8. The molecule has 0 aliphatic carbocycles. The third kappa shape index (κ3) is 4.08. The van der Waals surface area contributed by atoms with Crippen molar-refractivity contribution in [1.29, 1.82) is 0 Å². The third-order valence-electron chi connectivity index (χ3n) is 5.00. The van der Waals surface area contributed by atoms with Gasteiger partial charge in [0.2, 0.25) is 0 Å². The first kappa shape index (κ1) is 18.9. The van der Waals surface area contributed by atoms with Crippen molar-refractivity contribution in [3.05, 3.63) is 23.3 Å². The van der Waals surface area contributed by atoms with Gasteiger partial charge in [0.1, 0.15) is 18.0 Å². The van der Waals surface area contributed by atoms with E-state index in [9.17, 15) is 4.79 Å². The summed E-state index contributed by atoms with van der Waals surface area (Å²) in [5.74, 6) is 1.26. The number of anilines is 1. The van der Waals surface area contributed by atoms with E-state index < -0.39 is 5.60 Å². The van der Waals surface area contributed by atoms with Crippen LogP contribution in [0.5, 0.6) is 5.75 Å². The van der Waals surface area contributed by atoms with Crippen molar-refractivity contribution >= 4 is 11.8 Å². The van der Waals surface area contributed by atoms with Crippen molar-refractivity contribution in [1.82, 2.24) is 4.90 Å². The second-order valence-corrected chi connectivity index (χ2v) is 8.43. The van der Waals surface area contributed by atoms with Gasteiger partial charge in [0.25, 0.3) is 0 Å². The van der Waals surface area contributed by atoms with Gasteiger partial charge in [0.05, 0.1) is 12.2 Å². The van der Waals surface area contributed by atoms with Crippen molar-refractivity contribution in [3.63, 3.8) is 0 Å². The fraction of sp³-hybridized carbons (Fsp3) is 0.667. The molecule has 0 aromatic heterocycles. The van der Waals surface area contributed by atoms with E-state index in [2.05, 4.69) is 30.9 Å². The van der Waals surface area contributed by atoms with Crippen LogP contribution >= 0.6 is 0 Å². The topological polar surface area (TPSA) is 42.0 Å².